The summed E-state index contributed by atoms with van der Waals surface area (Å²) in [6.07, 6.45) is 0.907. The summed E-state index contributed by atoms with van der Waals surface area (Å²) in [6.45, 7) is 0. The van der Waals surface area contributed by atoms with Crippen LogP contribution in [0.2, 0.25) is 0 Å². The maximum atomic E-state index is 12.9. The fraction of sp³-hybridized carbons (Fsp3) is 0.435. The van der Waals surface area contributed by atoms with Gasteiger partial charge in [0.1, 0.15) is 0 Å². The lowest BCUT2D eigenvalue weighted by Gasteiger charge is -2.15. The highest BCUT2D eigenvalue weighted by atomic mass is 19.4. The molecule has 5 heteroatoms. The molecule has 2 atom stereocenters. The van der Waals surface area contributed by atoms with Gasteiger partial charge < -0.3 is 5.73 Å². The van der Waals surface area contributed by atoms with Gasteiger partial charge in [0.15, 0.2) is 0 Å². The van der Waals surface area contributed by atoms with E-state index in [0.29, 0.717) is 29.5 Å². The highest BCUT2D eigenvalue weighted by Gasteiger charge is 2.42. The van der Waals surface area contributed by atoms with Crippen LogP contribution < -0.4 is 5.73 Å². The van der Waals surface area contributed by atoms with E-state index < -0.39 is 11.7 Å². The maximum Gasteiger partial charge on any atom is 0.416 e. The highest BCUT2D eigenvalue weighted by Crippen LogP contribution is 2.47. The van der Waals surface area contributed by atoms with Crippen molar-refractivity contribution in [1.82, 2.24) is 0 Å². The second-order valence-corrected chi connectivity index (χ2v) is 7.98. The normalized spacial score (nSPS) is 27.0. The summed E-state index contributed by atoms with van der Waals surface area (Å²) in [5.41, 5.74) is 7.89. The Bertz CT molecular complexity index is 885. The topological polar surface area (TPSA) is 30.4 Å². The van der Waals surface area contributed by atoms with Gasteiger partial charge in [-0.25, -0.2) is 0 Å². The molecule has 2 aromatic rings. The van der Waals surface area contributed by atoms with Gasteiger partial charge in [0.25, 0.3) is 12.1 Å². The van der Waals surface area contributed by atoms with Crippen molar-refractivity contribution in [2.75, 3.05) is 0 Å². The van der Waals surface area contributed by atoms with E-state index in [1.165, 1.54) is 17.7 Å². The van der Waals surface area contributed by atoms with Crippen molar-refractivity contribution in [3.8, 4) is 17.2 Å². The lowest BCUT2D eigenvalue weighted by molar-refractivity contribution is -0.137. The number of hydrogen-bond donors (Lipinski definition) is 1. The Balaban J connectivity index is 1.40. The van der Waals surface area contributed by atoms with Crippen molar-refractivity contribution >= 4 is 0 Å². The molecule has 2 nitrogen and oxygen atoms in total. The molecule has 2 aromatic carbocycles. The number of benzene rings is 2. The van der Waals surface area contributed by atoms with Gasteiger partial charge in [0.2, 0.25) is 0 Å². The van der Waals surface area contributed by atoms with E-state index >= 15 is 0 Å². The smallest absolute Gasteiger partial charge is 0.328 e. The molecular weight excluding hydrogens is 361 g/mol. The number of hydrogen-bond acceptors (Lipinski definition) is 1. The third-order valence-electron chi connectivity index (χ3n) is 5.82. The molecule has 0 amide bonds. The summed E-state index contributed by atoms with van der Waals surface area (Å²) < 4.78 is 38.7. The van der Waals surface area contributed by atoms with E-state index in [1.807, 2.05) is 24.3 Å². The predicted molar refractivity (Wildman–Crippen MR) is 105 cm³/mol. The quantitative estimate of drug-likeness (QED) is 0.667. The summed E-state index contributed by atoms with van der Waals surface area (Å²) in [5, 5.41) is 0. The lowest BCUT2D eigenvalue weighted by Crippen LogP contribution is -2.27. The molecule has 2 fully saturated rings. The Morgan fingerprint density at radius 2 is 1.64 bits per heavy atom. The van der Waals surface area contributed by atoms with E-state index in [4.69, 9.17) is 5.73 Å². The van der Waals surface area contributed by atoms with Crippen LogP contribution in [-0.2, 0) is 6.18 Å². The van der Waals surface area contributed by atoms with Gasteiger partial charge >= 0.3 is 6.18 Å². The van der Waals surface area contributed by atoms with Gasteiger partial charge in [-0.05, 0) is 48.1 Å². The molecule has 0 radical (unpaired) electrons. The standard InChI is InChI=1S/C23H24F3N2/c24-23(25,26)19-3-1-2-17(12-19)15-4-6-16(7-5-15)22-13-18(22)14-28-21-10-8-20(27)9-11-21/h1-7,12,18,20-22H,8-11,13,27H2/q+1/t18?,20?,21?,22-/m1/s1. The van der Waals surface area contributed by atoms with Gasteiger partial charge in [-0.15, -0.1) is 0 Å². The van der Waals surface area contributed by atoms with Crippen LogP contribution in [0.1, 0.15) is 49.1 Å². The molecule has 0 bridgehead atoms. The molecule has 2 saturated carbocycles. The fourth-order valence-corrected chi connectivity index (χ4v) is 3.94. The minimum Gasteiger partial charge on any atom is -0.328 e. The van der Waals surface area contributed by atoms with Crippen molar-refractivity contribution < 1.29 is 13.2 Å². The van der Waals surface area contributed by atoms with Crippen molar-refractivity contribution in [2.45, 2.75) is 56.3 Å². The van der Waals surface area contributed by atoms with Crippen molar-refractivity contribution in [3.05, 3.63) is 64.5 Å². The first-order chi connectivity index (χ1) is 13.4. The predicted octanol–water partition coefficient (Wildman–Crippen LogP) is 6.08. The molecule has 2 aliphatic rings. The molecule has 2 N–H and O–H groups in total. The van der Waals surface area contributed by atoms with Gasteiger partial charge in [0, 0.05) is 24.8 Å². The van der Waals surface area contributed by atoms with Crippen molar-refractivity contribution in [2.24, 2.45) is 11.7 Å². The third-order valence-corrected chi connectivity index (χ3v) is 5.82. The Labute approximate surface area is 163 Å². The van der Waals surface area contributed by atoms with Crippen LogP contribution in [0.3, 0.4) is 0 Å². The van der Waals surface area contributed by atoms with Crippen LogP contribution in [0.5, 0.6) is 0 Å². The maximum absolute atomic E-state index is 12.9. The Kier molecular flexibility index (Phi) is 5.16. The van der Waals surface area contributed by atoms with E-state index in [-0.39, 0.29) is 0 Å². The fourth-order valence-electron chi connectivity index (χ4n) is 3.94. The van der Waals surface area contributed by atoms with Gasteiger partial charge in [-0.3, -0.25) is 0 Å². The van der Waals surface area contributed by atoms with E-state index in [0.717, 1.165) is 43.7 Å². The molecule has 1 unspecified atom stereocenters. The number of alkyl halides is 3. The first-order valence-corrected chi connectivity index (χ1v) is 9.88. The lowest BCUT2D eigenvalue weighted by atomic mass is 9.92. The SMILES string of the molecule is NC1CCC([N+]#CC2C[C@@H]2c2ccc(-c3cccc(C(F)(F)F)c3)cc2)CC1. The average Bonchev–Trinajstić information content (AvgIpc) is 3.47. The molecule has 0 spiro atoms. The van der Waals surface area contributed by atoms with Crippen LogP contribution in [0, 0.1) is 12.0 Å². The zero-order chi connectivity index (χ0) is 19.7. The van der Waals surface area contributed by atoms with Gasteiger partial charge in [0.05, 0.1) is 11.5 Å². The summed E-state index contributed by atoms with van der Waals surface area (Å²) >= 11 is 0. The van der Waals surface area contributed by atoms with Crippen LogP contribution in [-0.4, -0.2) is 12.1 Å². The van der Waals surface area contributed by atoms with Gasteiger partial charge in [-0.1, -0.05) is 41.2 Å². The Morgan fingerprint density at radius 3 is 2.32 bits per heavy atom. The second kappa shape index (κ2) is 7.60. The monoisotopic (exact) mass is 385 g/mol. The first-order valence-electron chi connectivity index (χ1n) is 9.88. The third kappa shape index (κ3) is 4.39. The van der Waals surface area contributed by atoms with E-state index in [2.05, 4.69) is 10.9 Å². The van der Waals surface area contributed by atoms with Crippen molar-refractivity contribution in [1.29, 1.82) is 0 Å². The van der Waals surface area contributed by atoms with E-state index in [1.54, 1.807) is 6.07 Å². The molecule has 0 aliphatic heterocycles. The molecule has 2 aliphatic carbocycles. The Hall–Kier alpha value is -2.32. The largest absolute Gasteiger partial charge is 0.416 e. The molecule has 0 heterocycles. The molecule has 0 aromatic heterocycles. The average molecular weight is 385 g/mol. The van der Waals surface area contributed by atoms with Crippen LogP contribution in [0.15, 0.2) is 48.5 Å². The molecule has 146 valence electrons. The summed E-state index contributed by atoms with van der Waals surface area (Å²) in [6, 6.07) is 17.3. The molecular formula is C23H24F3N2+. The zero-order valence-corrected chi connectivity index (χ0v) is 15.6. The number of nitrogens with zero attached hydrogens (tertiary/aromatic N) is 1. The summed E-state index contributed by atoms with van der Waals surface area (Å²) in [7, 11) is 0. The molecule has 28 heavy (non-hydrogen) atoms. The molecule has 0 saturated heterocycles. The van der Waals surface area contributed by atoms with Crippen molar-refractivity contribution in [3.63, 3.8) is 0 Å². The van der Waals surface area contributed by atoms with Crippen LogP contribution >= 0.6 is 0 Å². The summed E-state index contributed by atoms with van der Waals surface area (Å²) in [5.74, 6) is 0.778. The second-order valence-electron chi connectivity index (χ2n) is 7.98. The first kappa shape index (κ1) is 19.0. The van der Waals surface area contributed by atoms with Crippen LogP contribution in [0.25, 0.3) is 16.0 Å². The van der Waals surface area contributed by atoms with E-state index in [9.17, 15) is 13.2 Å². The number of rotatable bonds is 2. The number of halogens is 3. The van der Waals surface area contributed by atoms with Crippen LogP contribution in [0.4, 0.5) is 13.2 Å². The van der Waals surface area contributed by atoms with Gasteiger partial charge in [-0.2, -0.15) is 13.2 Å². The minimum absolute atomic E-state index is 0.329. The zero-order valence-electron chi connectivity index (χ0n) is 15.6. The number of nitrogens with two attached hydrogens (primary N) is 1. The highest BCUT2D eigenvalue weighted by molar-refractivity contribution is 5.65. The molecule has 4 rings (SSSR count). The Morgan fingerprint density at radius 1 is 0.929 bits per heavy atom. The summed E-state index contributed by atoms with van der Waals surface area (Å²) in [4.78, 5) is 4.64. The minimum atomic E-state index is -4.32.